The van der Waals surface area contributed by atoms with Crippen LogP contribution in [0.5, 0.6) is 0 Å². The summed E-state index contributed by atoms with van der Waals surface area (Å²) in [6.07, 6.45) is 0.950. The maximum absolute atomic E-state index is 4.60. The molecule has 0 unspecified atom stereocenters. The Bertz CT molecular complexity index is 448. The molecule has 0 aliphatic carbocycles. The second-order valence-electron chi connectivity index (χ2n) is 3.43. The Kier molecular flexibility index (Phi) is 3.44. The van der Waals surface area contributed by atoms with E-state index in [1.807, 2.05) is 0 Å². The van der Waals surface area contributed by atoms with Gasteiger partial charge in [0.25, 0.3) is 0 Å². The van der Waals surface area contributed by atoms with Crippen LogP contribution in [0.1, 0.15) is 11.3 Å². The van der Waals surface area contributed by atoms with Gasteiger partial charge in [0.05, 0.1) is 5.69 Å². The standard InChI is InChI=1S/C12H13NS2/c1-9-4-2-3-5-11(9)12-13-10(6-7-14)8-15-12/h2-5,8,14H,6-7H2,1H3. The molecule has 15 heavy (non-hydrogen) atoms. The van der Waals surface area contributed by atoms with E-state index < -0.39 is 0 Å². The molecule has 0 radical (unpaired) electrons. The molecule has 0 amide bonds. The van der Waals surface area contributed by atoms with Gasteiger partial charge in [0.15, 0.2) is 0 Å². The lowest BCUT2D eigenvalue weighted by molar-refractivity contribution is 1.08. The van der Waals surface area contributed by atoms with Crippen LogP contribution in [0, 0.1) is 6.92 Å². The van der Waals surface area contributed by atoms with Crippen molar-refractivity contribution < 1.29 is 0 Å². The summed E-state index contributed by atoms with van der Waals surface area (Å²) in [5.74, 6) is 0.858. The lowest BCUT2D eigenvalue weighted by atomic mass is 10.1. The van der Waals surface area contributed by atoms with E-state index in [0.29, 0.717) is 0 Å². The van der Waals surface area contributed by atoms with Gasteiger partial charge in [-0.05, 0) is 24.7 Å². The number of aromatic nitrogens is 1. The quantitative estimate of drug-likeness (QED) is 0.802. The van der Waals surface area contributed by atoms with Gasteiger partial charge in [0, 0.05) is 10.9 Å². The number of aryl methyl sites for hydroxylation is 2. The third-order valence-corrected chi connectivity index (χ3v) is 3.44. The molecule has 78 valence electrons. The van der Waals surface area contributed by atoms with Crippen LogP contribution in [0.25, 0.3) is 10.6 Å². The number of rotatable bonds is 3. The fourth-order valence-corrected chi connectivity index (χ4v) is 2.65. The molecular weight excluding hydrogens is 222 g/mol. The minimum absolute atomic E-state index is 0.858. The summed E-state index contributed by atoms with van der Waals surface area (Å²) in [5.41, 5.74) is 3.67. The van der Waals surface area contributed by atoms with E-state index in [4.69, 9.17) is 0 Å². The van der Waals surface area contributed by atoms with Crippen LogP contribution in [0.3, 0.4) is 0 Å². The SMILES string of the molecule is Cc1ccccc1-c1nc(CCS)cs1. The first-order valence-corrected chi connectivity index (χ1v) is 6.43. The van der Waals surface area contributed by atoms with Crippen LogP contribution in [-0.2, 0) is 6.42 Å². The molecule has 1 heterocycles. The van der Waals surface area contributed by atoms with Gasteiger partial charge in [0.2, 0.25) is 0 Å². The summed E-state index contributed by atoms with van der Waals surface area (Å²) in [6, 6.07) is 8.36. The van der Waals surface area contributed by atoms with Gasteiger partial charge in [-0.3, -0.25) is 0 Å². The number of benzene rings is 1. The van der Waals surface area contributed by atoms with Crippen molar-refractivity contribution in [3.05, 3.63) is 40.9 Å². The molecule has 1 nitrogen and oxygen atoms in total. The summed E-state index contributed by atoms with van der Waals surface area (Å²) in [5, 5.41) is 3.24. The van der Waals surface area contributed by atoms with Crippen molar-refractivity contribution >= 4 is 24.0 Å². The van der Waals surface area contributed by atoms with E-state index in [-0.39, 0.29) is 0 Å². The Morgan fingerprint density at radius 1 is 1.33 bits per heavy atom. The van der Waals surface area contributed by atoms with E-state index in [0.717, 1.165) is 22.9 Å². The summed E-state index contributed by atoms with van der Waals surface area (Å²) in [7, 11) is 0. The molecule has 0 saturated carbocycles. The lowest BCUT2D eigenvalue weighted by Crippen LogP contribution is -1.87. The van der Waals surface area contributed by atoms with Crippen molar-refractivity contribution in [2.45, 2.75) is 13.3 Å². The average Bonchev–Trinajstić information content (AvgIpc) is 2.68. The van der Waals surface area contributed by atoms with Crippen LogP contribution in [0.15, 0.2) is 29.6 Å². The Balaban J connectivity index is 2.33. The zero-order chi connectivity index (χ0) is 10.7. The zero-order valence-corrected chi connectivity index (χ0v) is 10.3. The van der Waals surface area contributed by atoms with Crippen LogP contribution in [0.4, 0.5) is 0 Å². The topological polar surface area (TPSA) is 12.9 Å². The normalized spacial score (nSPS) is 10.5. The molecule has 0 bridgehead atoms. The zero-order valence-electron chi connectivity index (χ0n) is 8.60. The lowest BCUT2D eigenvalue weighted by Gasteiger charge is -2.00. The number of thiol groups is 1. The van der Waals surface area contributed by atoms with Crippen molar-refractivity contribution in [3.8, 4) is 10.6 Å². The first-order valence-electron chi connectivity index (χ1n) is 4.92. The molecule has 2 rings (SSSR count). The molecule has 0 saturated heterocycles. The van der Waals surface area contributed by atoms with Crippen LogP contribution in [-0.4, -0.2) is 10.7 Å². The second-order valence-corrected chi connectivity index (χ2v) is 4.74. The predicted molar refractivity (Wildman–Crippen MR) is 69.8 cm³/mol. The molecule has 0 N–H and O–H groups in total. The molecule has 2 aromatic rings. The number of thiazole rings is 1. The van der Waals surface area contributed by atoms with Gasteiger partial charge in [-0.25, -0.2) is 4.98 Å². The molecule has 0 aliphatic heterocycles. The third-order valence-electron chi connectivity index (χ3n) is 2.30. The fraction of sp³-hybridized carbons (Fsp3) is 0.250. The van der Waals surface area contributed by atoms with Gasteiger partial charge in [-0.15, -0.1) is 11.3 Å². The summed E-state index contributed by atoms with van der Waals surface area (Å²) >= 11 is 5.93. The minimum Gasteiger partial charge on any atom is -0.241 e. The van der Waals surface area contributed by atoms with Crippen molar-refractivity contribution in [3.63, 3.8) is 0 Å². The molecule has 0 spiro atoms. The Hall–Kier alpha value is -0.800. The van der Waals surface area contributed by atoms with E-state index >= 15 is 0 Å². The monoisotopic (exact) mass is 235 g/mol. The smallest absolute Gasteiger partial charge is 0.123 e. The molecule has 0 atom stereocenters. The number of nitrogens with zero attached hydrogens (tertiary/aromatic N) is 1. The maximum Gasteiger partial charge on any atom is 0.123 e. The molecule has 1 aromatic heterocycles. The van der Waals surface area contributed by atoms with Crippen molar-refractivity contribution in [2.75, 3.05) is 5.75 Å². The highest BCUT2D eigenvalue weighted by Gasteiger charge is 2.05. The highest BCUT2D eigenvalue weighted by atomic mass is 32.1. The number of hydrogen-bond acceptors (Lipinski definition) is 3. The Labute approximate surface area is 99.6 Å². The van der Waals surface area contributed by atoms with Gasteiger partial charge in [-0.2, -0.15) is 12.6 Å². The summed E-state index contributed by atoms with van der Waals surface area (Å²) in [4.78, 5) is 4.60. The van der Waals surface area contributed by atoms with Crippen molar-refractivity contribution in [2.24, 2.45) is 0 Å². The molecule has 0 fully saturated rings. The molecule has 0 aliphatic rings. The summed E-state index contributed by atoms with van der Waals surface area (Å²) in [6.45, 7) is 2.12. The number of hydrogen-bond donors (Lipinski definition) is 1. The minimum atomic E-state index is 0.858. The fourth-order valence-electron chi connectivity index (χ4n) is 1.47. The van der Waals surface area contributed by atoms with E-state index in [9.17, 15) is 0 Å². The molecular formula is C12H13NS2. The Morgan fingerprint density at radius 3 is 2.87 bits per heavy atom. The van der Waals surface area contributed by atoms with Gasteiger partial charge >= 0.3 is 0 Å². The Morgan fingerprint density at radius 2 is 2.13 bits per heavy atom. The molecule has 1 aromatic carbocycles. The maximum atomic E-state index is 4.60. The summed E-state index contributed by atoms with van der Waals surface area (Å²) < 4.78 is 0. The predicted octanol–water partition coefficient (Wildman–Crippen LogP) is 3.59. The van der Waals surface area contributed by atoms with Crippen LogP contribution < -0.4 is 0 Å². The van der Waals surface area contributed by atoms with Gasteiger partial charge in [0.1, 0.15) is 5.01 Å². The molecule has 3 heteroatoms. The highest BCUT2D eigenvalue weighted by molar-refractivity contribution is 7.80. The average molecular weight is 235 g/mol. The van der Waals surface area contributed by atoms with Gasteiger partial charge < -0.3 is 0 Å². The van der Waals surface area contributed by atoms with Crippen LogP contribution >= 0.6 is 24.0 Å². The highest BCUT2D eigenvalue weighted by Crippen LogP contribution is 2.26. The third kappa shape index (κ3) is 2.41. The van der Waals surface area contributed by atoms with E-state index in [1.54, 1.807) is 11.3 Å². The van der Waals surface area contributed by atoms with E-state index in [1.165, 1.54) is 11.1 Å². The largest absolute Gasteiger partial charge is 0.241 e. The van der Waals surface area contributed by atoms with Gasteiger partial charge in [-0.1, -0.05) is 24.3 Å². The van der Waals surface area contributed by atoms with E-state index in [2.05, 4.69) is 54.2 Å². The van der Waals surface area contributed by atoms with Crippen molar-refractivity contribution in [1.29, 1.82) is 0 Å². The van der Waals surface area contributed by atoms with Crippen LogP contribution in [0.2, 0.25) is 0 Å². The first-order chi connectivity index (χ1) is 7.31. The van der Waals surface area contributed by atoms with Crippen molar-refractivity contribution in [1.82, 2.24) is 4.98 Å². The second kappa shape index (κ2) is 4.81. The first kappa shape index (κ1) is 10.7.